The van der Waals surface area contributed by atoms with E-state index in [-0.39, 0.29) is 11.0 Å². The lowest BCUT2D eigenvalue weighted by Gasteiger charge is -2.36. The van der Waals surface area contributed by atoms with Crippen LogP contribution in [0.3, 0.4) is 0 Å². The van der Waals surface area contributed by atoms with Crippen LogP contribution in [0.2, 0.25) is 0 Å². The van der Waals surface area contributed by atoms with Crippen molar-refractivity contribution in [2.75, 3.05) is 55.9 Å². The third-order valence-corrected chi connectivity index (χ3v) is 5.10. The highest BCUT2D eigenvalue weighted by Crippen LogP contribution is 2.36. The zero-order valence-corrected chi connectivity index (χ0v) is 16.4. The molecule has 1 aliphatic heterocycles. The van der Waals surface area contributed by atoms with E-state index in [1.165, 1.54) is 0 Å². The van der Waals surface area contributed by atoms with E-state index in [4.69, 9.17) is 15.2 Å². The molecule has 2 aromatic heterocycles. The molecule has 154 valence electrons. The number of fused-ring (bicyclic) bond motifs is 1. The fourth-order valence-corrected chi connectivity index (χ4v) is 3.65. The molecule has 3 aromatic rings. The fourth-order valence-electron chi connectivity index (χ4n) is 3.65. The van der Waals surface area contributed by atoms with Gasteiger partial charge >= 0.3 is 0 Å². The SMILES string of the molecule is COc1cc2[nH]c(=O)c(N3CCN(c4ccccn4)CC3)c(N)c2cc1OC.O. The maximum atomic E-state index is 12.8. The molecule has 0 saturated carbocycles. The number of methoxy groups -OCH3 is 2. The van der Waals surface area contributed by atoms with Gasteiger partial charge in [0.25, 0.3) is 5.56 Å². The average Bonchev–Trinajstić information content (AvgIpc) is 2.74. The van der Waals surface area contributed by atoms with Crippen molar-refractivity contribution in [2.45, 2.75) is 0 Å². The number of rotatable bonds is 4. The molecule has 0 bridgehead atoms. The molecule has 0 radical (unpaired) electrons. The van der Waals surface area contributed by atoms with Crippen molar-refractivity contribution in [3.63, 3.8) is 0 Å². The first-order valence-corrected chi connectivity index (χ1v) is 9.10. The summed E-state index contributed by atoms with van der Waals surface area (Å²) >= 11 is 0. The Morgan fingerprint density at radius 1 is 1.03 bits per heavy atom. The molecule has 9 nitrogen and oxygen atoms in total. The molecule has 0 amide bonds. The lowest BCUT2D eigenvalue weighted by molar-refractivity contribution is 0.356. The van der Waals surface area contributed by atoms with Gasteiger partial charge in [0.15, 0.2) is 11.5 Å². The van der Waals surface area contributed by atoms with Crippen molar-refractivity contribution in [1.82, 2.24) is 9.97 Å². The van der Waals surface area contributed by atoms with Crippen LogP contribution < -0.4 is 30.6 Å². The third kappa shape index (κ3) is 3.64. The fraction of sp³-hybridized carbons (Fsp3) is 0.300. The molecule has 1 saturated heterocycles. The van der Waals surface area contributed by atoms with E-state index in [1.807, 2.05) is 23.1 Å². The number of piperazine rings is 1. The topological polar surface area (TPSA) is 128 Å². The molecule has 1 aromatic carbocycles. The number of anilines is 3. The summed E-state index contributed by atoms with van der Waals surface area (Å²) in [6, 6.07) is 9.40. The lowest BCUT2D eigenvalue weighted by atomic mass is 10.1. The van der Waals surface area contributed by atoms with Gasteiger partial charge in [-0.25, -0.2) is 4.98 Å². The van der Waals surface area contributed by atoms with E-state index >= 15 is 0 Å². The summed E-state index contributed by atoms with van der Waals surface area (Å²) in [6.07, 6.45) is 1.79. The van der Waals surface area contributed by atoms with Crippen LogP contribution in [-0.4, -0.2) is 55.8 Å². The number of aromatic amines is 1. The summed E-state index contributed by atoms with van der Waals surface area (Å²) in [6.45, 7) is 2.89. The van der Waals surface area contributed by atoms with Gasteiger partial charge in [-0.1, -0.05) is 6.07 Å². The van der Waals surface area contributed by atoms with Gasteiger partial charge in [-0.15, -0.1) is 0 Å². The van der Waals surface area contributed by atoms with Gasteiger partial charge in [0.1, 0.15) is 11.5 Å². The first-order chi connectivity index (χ1) is 13.6. The summed E-state index contributed by atoms with van der Waals surface area (Å²) in [7, 11) is 3.13. The van der Waals surface area contributed by atoms with Crippen LogP contribution in [0.25, 0.3) is 10.9 Å². The second-order valence-corrected chi connectivity index (χ2v) is 6.63. The molecule has 0 unspecified atom stereocenters. The smallest absolute Gasteiger partial charge is 0.274 e. The van der Waals surface area contributed by atoms with Crippen LogP contribution in [0.5, 0.6) is 11.5 Å². The first kappa shape index (κ1) is 20.3. The number of hydrogen-bond donors (Lipinski definition) is 2. The van der Waals surface area contributed by atoms with Crippen LogP contribution in [0.15, 0.2) is 41.3 Å². The summed E-state index contributed by atoms with van der Waals surface area (Å²) in [5, 5.41) is 0.736. The summed E-state index contributed by atoms with van der Waals surface area (Å²) in [4.78, 5) is 24.3. The summed E-state index contributed by atoms with van der Waals surface area (Å²) in [5.41, 5.74) is 7.79. The number of hydrogen-bond acceptors (Lipinski definition) is 7. The Morgan fingerprint density at radius 2 is 1.69 bits per heavy atom. The predicted molar refractivity (Wildman–Crippen MR) is 114 cm³/mol. The number of nitrogens with one attached hydrogen (secondary N) is 1. The number of pyridine rings is 2. The molecular formula is C20H25N5O4. The van der Waals surface area contributed by atoms with Crippen molar-refractivity contribution in [2.24, 2.45) is 0 Å². The number of ether oxygens (including phenoxy) is 2. The second kappa shape index (κ2) is 8.27. The minimum atomic E-state index is -0.205. The zero-order chi connectivity index (χ0) is 19.7. The monoisotopic (exact) mass is 399 g/mol. The highest BCUT2D eigenvalue weighted by Gasteiger charge is 2.23. The molecule has 4 rings (SSSR count). The van der Waals surface area contributed by atoms with Crippen LogP contribution in [-0.2, 0) is 0 Å². The molecule has 1 aliphatic rings. The molecule has 3 heterocycles. The maximum absolute atomic E-state index is 12.8. The molecule has 0 spiro atoms. The van der Waals surface area contributed by atoms with Crippen molar-refractivity contribution in [3.05, 3.63) is 46.9 Å². The molecule has 0 atom stereocenters. The van der Waals surface area contributed by atoms with E-state index in [0.717, 1.165) is 24.3 Å². The quantitative estimate of drug-likeness (QED) is 0.670. The highest BCUT2D eigenvalue weighted by atomic mass is 16.5. The van der Waals surface area contributed by atoms with Gasteiger partial charge in [-0.3, -0.25) is 4.79 Å². The Morgan fingerprint density at radius 3 is 2.31 bits per heavy atom. The Balaban J connectivity index is 0.00000240. The molecule has 5 N–H and O–H groups in total. The lowest BCUT2D eigenvalue weighted by Crippen LogP contribution is -2.48. The van der Waals surface area contributed by atoms with Gasteiger partial charge in [-0.2, -0.15) is 0 Å². The largest absolute Gasteiger partial charge is 0.493 e. The predicted octanol–water partition coefficient (Wildman–Crippen LogP) is 1.02. The molecular weight excluding hydrogens is 374 g/mol. The summed E-state index contributed by atoms with van der Waals surface area (Å²) < 4.78 is 10.7. The molecule has 0 aliphatic carbocycles. The molecule has 1 fully saturated rings. The van der Waals surface area contributed by atoms with Gasteiger partial charge in [0.2, 0.25) is 0 Å². The zero-order valence-electron chi connectivity index (χ0n) is 16.4. The number of H-pyrrole nitrogens is 1. The van der Waals surface area contributed by atoms with Gasteiger partial charge in [0, 0.05) is 43.8 Å². The third-order valence-electron chi connectivity index (χ3n) is 5.10. The normalized spacial score (nSPS) is 13.9. The Bertz CT molecular complexity index is 1050. The van der Waals surface area contributed by atoms with Gasteiger partial charge in [0.05, 0.1) is 25.4 Å². The molecule has 29 heavy (non-hydrogen) atoms. The summed E-state index contributed by atoms with van der Waals surface area (Å²) in [5.74, 6) is 2.06. The van der Waals surface area contributed by atoms with Crippen molar-refractivity contribution in [1.29, 1.82) is 0 Å². The van der Waals surface area contributed by atoms with Crippen molar-refractivity contribution in [3.8, 4) is 11.5 Å². The molecule has 9 heteroatoms. The Hall–Kier alpha value is -3.46. The minimum Gasteiger partial charge on any atom is -0.493 e. The Kier molecular flexibility index (Phi) is 5.79. The number of aromatic nitrogens is 2. The number of nitrogens with zero attached hydrogens (tertiary/aromatic N) is 3. The number of nitrogen functional groups attached to an aromatic ring is 1. The standard InChI is InChI=1S/C20H23N5O3.H2O/c1-27-15-11-13-14(12-16(15)28-2)23-20(26)19(18(13)21)25-9-7-24(8-10-25)17-5-3-4-6-22-17;/h3-6,11-12H,7-10H2,1-2H3,(H3,21,23,26);1H2. The van der Waals surface area contributed by atoms with Crippen LogP contribution in [0.4, 0.5) is 17.2 Å². The minimum absolute atomic E-state index is 0. The van der Waals surface area contributed by atoms with Crippen LogP contribution >= 0.6 is 0 Å². The average molecular weight is 399 g/mol. The van der Waals surface area contributed by atoms with Gasteiger partial charge in [-0.05, 0) is 18.2 Å². The van der Waals surface area contributed by atoms with Crippen molar-refractivity contribution < 1.29 is 14.9 Å². The van der Waals surface area contributed by atoms with E-state index in [9.17, 15) is 4.79 Å². The maximum Gasteiger partial charge on any atom is 0.274 e. The number of nitrogens with two attached hydrogens (primary N) is 1. The number of benzene rings is 1. The van der Waals surface area contributed by atoms with Crippen LogP contribution in [0.1, 0.15) is 0 Å². The second-order valence-electron chi connectivity index (χ2n) is 6.63. The van der Waals surface area contributed by atoms with Crippen LogP contribution in [0, 0.1) is 0 Å². The van der Waals surface area contributed by atoms with E-state index < -0.39 is 0 Å². The Labute approximate surface area is 168 Å². The first-order valence-electron chi connectivity index (χ1n) is 9.10. The van der Waals surface area contributed by atoms with E-state index in [0.29, 0.717) is 41.5 Å². The van der Waals surface area contributed by atoms with E-state index in [2.05, 4.69) is 14.9 Å². The van der Waals surface area contributed by atoms with Crippen molar-refractivity contribution >= 4 is 28.1 Å². The van der Waals surface area contributed by atoms with Gasteiger partial charge < -0.3 is 35.5 Å². The van der Waals surface area contributed by atoms with E-state index in [1.54, 1.807) is 32.5 Å². The highest BCUT2D eigenvalue weighted by molar-refractivity contribution is 5.98.